The number of aromatic nitrogens is 2. The van der Waals surface area contributed by atoms with Crippen molar-refractivity contribution in [2.45, 2.75) is 57.4 Å². The molecular weight excluding hydrogens is 318 g/mol. The van der Waals surface area contributed by atoms with Gasteiger partial charge in [-0.15, -0.1) is 0 Å². The van der Waals surface area contributed by atoms with E-state index < -0.39 is 0 Å². The molecule has 25 heavy (non-hydrogen) atoms. The fourth-order valence-electron chi connectivity index (χ4n) is 4.43. The lowest BCUT2D eigenvalue weighted by Gasteiger charge is -2.33. The van der Waals surface area contributed by atoms with E-state index in [-0.39, 0.29) is 12.1 Å². The molecule has 138 valence electrons. The van der Waals surface area contributed by atoms with Gasteiger partial charge < -0.3 is 14.4 Å². The standard InChI is InChI=1S/C18H29N5O2/c1-3-24-13-4-5-15-14(8-13)18(22-21-15)16-9-17(20-11-19-16)23-6-7-25-12(2)10-23/h9,11-15,18,21-22H,3-8,10H2,1-2H3/t12-,13?,14?,15?,18?/m1/s1. The number of ether oxygens (including phenoxy) is 2. The number of rotatable bonds is 4. The molecule has 0 spiro atoms. The maximum atomic E-state index is 5.90. The molecule has 4 rings (SSSR count). The average Bonchev–Trinajstić information content (AvgIpc) is 3.05. The predicted octanol–water partition coefficient (Wildman–Crippen LogP) is 1.42. The SMILES string of the molecule is CCOC1CCC2NNC(c3cc(N4CCO[C@H](C)C4)ncn3)C2C1. The van der Waals surface area contributed by atoms with Gasteiger partial charge in [-0.2, -0.15) is 0 Å². The van der Waals surface area contributed by atoms with Crippen LogP contribution in [0.25, 0.3) is 0 Å². The molecule has 3 aliphatic rings. The first-order valence-corrected chi connectivity index (χ1v) is 9.55. The zero-order valence-corrected chi connectivity index (χ0v) is 15.1. The van der Waals surface area contributed by atoms with Crippen LogP contribution in [0.5, 0.6) is 0 Å². The van der Waals surface area contributed by atoms with Gasteiger partial charge in [-0.05, 0) is 33.1 Å². The van der Waals surface area contributed by atoms with Crippen LogP contribution in [0.3, 0.4) is 0 Å². The molecular formula is C18H29N5O2. The Morgan fingerprint density at radius 2 is 2.24 bits per heavy atom. The van der Waals surface area contributed by atoms with Crippen molar-refractivity contribution in [1.29, 1.82) is 0 Å². The second-order valence-corrected chi connectivity index (χ2v) is 7.36. The summed E-state index contributed by atoms with van der Waals surface area (Å²) in [5.74, 6) is 1.51. The largest absolute Gasteiger partial charge is 0.378 e. The van der Waals surface area contributed by atoms with Crippen LogP contribution in [0.15, 0.2) is 12.4 Å². The van der Waals surface area contributed by atoms with Gasteiger partial charge in [0, 0.05) is 37.7 Å². The molecule has 4 unspecified atom stereocenters. The summed E-state index contributed by atoms with van der Waals surface area (Å²) in [6.45, 7) is 7.50. The number of hydrogen-bond donors (Lipinski definition) is 2. The second-order valence-electron chi connectivity index (χ2n) is 7.36. The highest BCUT2D eigenvalue weighted by Gasteiger charge is 2.42. The molecule has 1 saturated carbocycles. The fourth-order valence-corrected chi connectivity index (χ4v) is 4.43. The number of hydrazine groups is 1. The molecule has 1 aromatic heterocycles. The van der Waals surface area contributed by atoms with E-state index in [0.29, 0.717) is 18.1 Å². The third-order valence-corrected chi connectivity index (χ3v) is 5.66. The molecule has 5 atom stereocenters. The van der Waals surface area contributed by atoms with E-state index in [2.05, 4.69) is 45.6 Å². The summed E-state index contributed by atoms with van der Waals surface area (Å²) in [6, 6.07) is 2.86. The highest BCUT2D eigenvalue weighted by atomic mass is 16.5. The van der Waals surface area contributed by atoms with Crippen LogP contribution in [-0.4, -0.2) is 54.5 Å². The van der Waals surface area contributed by atoms with Crippen LogP contribution in [-0.2, 0) is 9.47 Å². The molecule has 2 aliphatic heterocycles. The Hall–Kier alpha value is -1.28. The number of hydrogen-bond acceptors (Lipinski definition) is 7. The molecule has 0 bridgehead atoms. The molecule has 1 aliphatic carbocycles. The van der Waals surface area contributed by atoms with Crippen LogP contribution in [0, 0.1) is 5.92 Å². The molecule has 0 radical (unpaired) electrons. The van der Waals surface area contributed by atoms with E-state index in [1.807, 2.05) is 0 Å². The van der Waals surface area contributed by atoms with Crippen LogP contribution < -0.4 is 15.8 Å². The maximum Gasteiger partial charge on any atom is 0.132 e. The highest BCUT2D eigenvalue weighted by molar-refractivity contribution is 5.40. The Kier molecular flexibility index (Phi) is 5.17. The average molecular weight is 347 g/mol. The van der Waals surface area contributed by atoms with Crippen LogP contribution in [0.2, 0.25) is 0 Å². The minimum atomic E-state index is 0.216. The van der Waals surface area contributed by atoms with Crippen molar-refractivity contribution in [2.75, 3.05) is 31.2 Å². The predicted molar refractivity (Wildman–Crippen MR) is 95.2 cm³/mol. The zero-order valence-electron chi connectivity index (χ0n) is 15.1. The molecule has 2 N–H and O–H groups in total. The van der Waals surface area contributed by atoms with Crippen molar-refractivity contribution >= 4 is 5.82 Å². The second kappa shape index (κ2) is 7.53. The summed E-state index contributed by atoms with van der Waals surface area (Å²) < 4.78 is 11.5. The summed E-state index contributed by atoms with van der Waals surface area (Å²) >= 11 is 0. The topological polar surface area (TPSA) is 71.5 Å². The highest BCUT2D eigenvalue weighted by Crippen LogP contribution is 2.38. The maximum absolute atomic E-state index is 5.90. The normalized spacial score (nSPS) is 35.6. The first-order chi connectivity index (χ1) is 12.2. The molecule has 0 amide bonds. The third kappa shape index (κ3) is 3.65. The van der Waals surface area contributed by atoms with Gasteiger partial charge in [0.15, 0.2) is 0 Å². The van der Waals surface area contributed by atoms with Crippen molar-refractivity contribution in [3.8, 4) is 0 Å². The van der Waals surface area contributed by atoms with E-state index in [0.717, 1.165) is 57.1 Å². The van der Waals surface area contributed by atoms with E-state index in [1.54, 1.807) is 6.33 Å². The van der Waals surface area contributed by atoms with Crippen LogP contribution in [0.4, 0.5) is 5.82 Å². The Labute approximate surface area is 149 Å². The fraction of sp³-hybridized carbons (Fsp3) is 0.778. The van der Waals surface area contributed by atoms with Crippen molar-refractivity contribution in [2.24, 2.45) is 5.92 Å². The minimum Gasteiger partial charge on any atom is -0.378 e. The van der Waals surface area contributed by atoms with Crippen LogP contribution >= 0.6 is 0 Å². The van der Waals surface area contributed by atoms with Gasteiger partial charge in [0.2, 0.25) is 0 Å². The smallest absolute Gasteiger partial charge is 0.132 e. The molecule has 7 heteroatoms. The summed E-state index contributed by atoms with van der Waals surface area (Å²) in [5, 5.41) is 0. The lowest BCUT2D eigenvalue weighted by Crippen LogP contribution is -2.41. The van der Waals surface area contributed by atoms with Gasteiger partial charge in [0.1, 0.15) is 12.1 Å². The number of nitrogens with one attached hydrogen (secondary N) is 2. The Bertz CT molecular complexity index is 586. The van der Waals surface area contributed by atoms with Gasteiger partial charge in [-0.1, -0.05) is 0 Å². The Balaban J connectivity index is 1.50. The number of morpholine rings is 1. The quantitative estimate of drug-likeness (QED) is 0.853. The molecule has 3 heterocycles. The van der Waals surface area contributed by atoms with E-state index >= 15 is 0 Å². The Morgan fingerprint density at radius 1 is 1.32 bits per heavy atom. The van der Waals surface area contributed by atoms with Gasteiger partial charge in [0.05, 0.1) is 30.6 Å². The number of anilines is 1. The number of nitrogens with zero attached hydrogens (tertiary/aromatic N) is 3. The first kappa shape index (κ1) is 17.1. The van der Waals surface area contributed by atoms with Gasteiger partial charge >= 0.3 is 0 Å². The summed E-state index contributed by atoms with van der Waals surface area (Å²) in [5.41, 5.74) is 8.02. The lowest BCUT2D eigenvalue weighted by molar-refractivity contribution is 0.0149. The lowest BCUT2D eigenvalue weighted by atomic mass is 9.79. The molecule has 1 aromatic rings. The van der Waals surface area contributed by atoms with Crippen molar-refractivity contribution in [3.05, 3.63) is 18.1 Å². The van der Waals surface area contributed by atoms with Gasteiger partial charge in [0.25, 0.3) is 0 Å². The summed E-state index contributed by atoms with van der Waals surface area (Å²) in [4.78, 5) is 11.4. The molecule has 7 nitrogen and oxygen atoms in total. The van der Waals surface area contributed by atoms with Gasteiger partial charge in [-0.3, -0.25) is 5.43 Å². The van der Waals surface area contributed by atoms with Crippen molar-refractivity contribution < 1.29 is 9.47 Å². The van der Waals surface area contributed by atoms with Crippen LogP contribution in [0.1, 0.15) is 44.8 Å². The van der Waals surface area contributed by atoms with Crippen molar-refractivity contribution in [1.82, 2.24) is 20.8 Å². The van der Waals surface area contributed by atoms with Crippen molar-refractivity contribution in [3.63, 3.8) is 0 Å². The third-order valence-electron chi connectivity index (χ3n) is 5.66. The monoisotopic (exact) mass is 347 g/mol. The minimum absolute atomic E-state index is 0.216. The molecule has 3 fully saturated rings. The molecule has 0 aromatic carbocycles. The van der Waals surface area contributed by atoms with E-state index in [4.69, 9.17) is 9.47 Å². The number of fused-ring (bicyclic) bond motifs is 1. The summed E-state index contributed by atoms with van der Waals surface area (Å²) in [6.07, 6.45) is 5.68. The summed E-state index contributed by atoms with van der Waals surface area (Å²) in [7, 11) is 0. The zero-order chi connectivity index (χ0) is 17.2. The Morgan fingerprint density at radius 3 is 3.08 bits per heavy atom. The first-order valence-electron chi connectivity index (χ1n) is 9.55. The van der Waals surface area contributed by atoms with E-state index in [1.165, 1.54) is 0 Å². The van der Waals surface area contributed by atoms with E-state index in [9.17, 15) is 0 Å². The van der Waals surface area contributed by atoms with Gasteiger partial charge in [-0.25, -0.2) is 15.4 Å². The molecule has 2 saturated heterocycles.